The van der Waals surface area contributed by atoms with Crippen molar-refractivity contribution in [2.75, 3.05) is 18.9 Å². The predicted octanol–water partition coefficient (Wildman–Crippen LogP) is 3.74. The molecule has 23 heavy (non-hydrogen) atoms. The van der Waals surface area contributed by atoms with Gasteiger partial charge in [0.1, 0.15) is 0 Å². The molecule has 3 rings (SSSR count). The molecule has 2 aromatic heterocycles. The van der Waals surface area contributed by atoms with Gasteiger partial charge in [0.2, 0.25) is 0 Å². The molecule has 1 aliphatic rings. The van der Waals surface area contributed by atoms with Crippen LogP contribution in [0.1, 0.15) is 39.9 Å². The molecule has 1 aliphatic carbocycles. The van der Waals surface area contributed by atoms with Gasteiger partial charge in [-0.15, -0.1) is 11.3 Å². The molecular weight excluding hydrogens is 308 g/mol. The molecule has 0 radical (unpaired) electrons. The number of thiazole rings is 1. The molecule has 1 unspecified atom stereocenters. The third-order valence-corrected chi connectivity index (χ3v) is 5.35. The summed E-state index contributed by atoms with van der Waals surface area (Å²) in [6, 6.07) is 1.79. The molecule has 0 bridgehead atoms. The summed E-state index contributed by atoms with van der Waals surface area (Å²) in [6.07, 6.45) is 6.81. The number of anilines is 1. The van der Waals surface area contributed by atoms with Crippen LogP contribution in [0.25, 0.3) is 0 Å². The SMILES string of the molecule is Cc1nc2c(s1)CCCC2CN(C)C(=O)Nc1cnccc1C. The lowest BCUT2D eigenvalue weighted by Crippen LogP contribution is -2.35. The minimum Gasteiger partial charge on any atom is -0.327 e. The van der Waals surface area contributed by atoms with E-state index in [2.05, 4.69) is 17.2 Å². The van der Waals surface area contributed by atoms with E-state index in [9.17, 15) is 4.79 Å². The van der Waals surface area contributed by atoms with Crippen LogP contribution in [0.3, 0.4) is 0 Å². The summed E-state index contributed by atoms with van der Waals surface area (Å²) in [5, 5.41) is 4.06. The highest BCUT2D eigenvalue weighted by Gasteiger charge is 2.26. The molecule has 1 atom stereocenters. The monoisotopic (exact) mass is 330 g/mol. The van der Waals surface area contributed by atoms with Gasteiger partial charge >= 0.3 is 6.03 Å². The molecule has 0 saturated carbocycles. The quantitative estimate of drug-likeness (QED) is 0.932. The second-order valence-corrected chi connectivity index (χ2v) is 7.42. The first kappa shape index (κ1) is 15.9. The van der Waals surface area contributed by atoms with E-state index >= 15 is 0 Å². The van der Waals surface area contributed by atoms with Crippen LogP contribution < -0.4 is 5.32 Å². The van der Waals surface area contributed by atoms with Gasteiger partial charge in [-0.25, -0.2) is 9.78 Å². The number of pyridine rings is 1. The summed E-state index contributed by atoms with van der Waals surface area (Å²) in [6.45, 7) is 4.71. The number of hydrogen-bond acceptors (Lipinski definition) is 4. The van der Waals surface area contributed by atoms with Crippen molar-refractivity contribution in [2.45, 2.75) is 39.0 Å². The fraction of sp³-hybridized carbons (Fsp3) is 0.471. The maximum Gasteiger partial charge on any atom is 0.321 e. The van der Waals surface area contributed by atoms with Crippen LogP contribution in [-0.2, 0) is 6.42 Å². The number of likely N-dealkylation sites (N-methyl/N-ethyl adjacent to an activating group) is 1. The number of carbonyl (C=O) groups excluding carboxylic acids is 1. The van der Waals surface area contributed by atoms with Gasteiger partial charge in [-0.1, -0.05) is 0 Å². The summed E-state index contributed by atoms with van der Waals surface area (Å²) in [5.74, 6) is 0.342. The molecule has 2 aromatic rings. The van der Waals surface area contributed by atoms with Crippen molar-refractivity contribution in [1.29, 1.82) is 0 Å². The number of aromatic nitrogens is 2. The Kier molecular flexibility index (Phi) is 4.61. The van der Waals surface area contributed by atoms with Crippen LogP contribution in [0, 0.1) is 13.8 Å². The summed E-state index contributed by atoms with van der Waals surface area (Å²) >= 11 is 1.80. The second kappa shape index (κ2) is 6.66. The average Bonchev–Trinajstić information content (AvgIpc) is 2.91. The molecule has 0 saturated heterocycles. The van der Waals surface area contributed by atoms with Crippen molar-refractivity contribution in [3.05, 3.63) is 39.6 Å². The van der Waals surface area contributed by atoms with E-state index in [1.807, 2.05) is 20.0 Å². The van der Waals surface area contributed by atoms with Crippen molar-refractivity contribution in [3.63, 3.8) is 0 Å². The van der Waals surface area contributed by atoms with E-state index in [1.54, 1.807) is 28.6 Å². The van der Waals surface area contributed by atoms with Gasteiger partial charge < -0.3 is 10.2 Å². The smallest absolute Gasteiger partial charge is 0.321 e. The molecule has 1 N–H and O–H groups in total. The van der Waals surface area contributed by atoms with Crippen molar-refractivity contribution < 1.29 is 4.79 Å². The maximum atomic E-state index is 12.4. The topological polar surface area (TPSA) is 58.1 Å². The number of fused-ring (bicyclic) bond motifs is 1. The highest BCUT2D eigenvalue weighted by Crippen LogP contribution is 2.35. The Hall–Kier alpha value is -1.95. The Bertz CT molecular complexity index is 712. The number of nitrogens with one attached hydrogen (secondary N) is 1. The molecule has 122 valence electrons. The molecule has 0 aliphatic heterocycles. The molecule has 0 fully saturated rings. The second-order valence-electron chi connectivity index (χ2n) is 6.13. The Labute approximate surface area is 140 Å². The van der Waals surface area contributed by atoms with E-state index in [0.717, 1.165) is 29.1 Å². The van der Waals surface area contributed by atoms with Crippen molar-refractivity contribution in [1.82, 2.24) is 14.9 Å². The van der Waals surface area contributed by atoms with E-state index in [0.29, 0.717) is 12.5 Å². The number of hydrogen-bond donors (Lipinski definition) is 1. The van der Waals surface area contributed by atoms with E-state index in [1.165, 1.54) is 17.0 Å². The molecule has 6 heteroatoms. The number of rotatable bonds is 3. The van der Waals surface area contributed by atoms with Crippen LogP contribution in [0.5, 0.6) is 0 Å². The first-order chi connectivity index (χ1) is 11.0. The first-order valence-electron chi connectivity index (χ1n) is 7.93. The third-order valence-electron chi connectivity index (χ3n) is 4.30. The predicted molar refractivity (Wildman–Crippen MR) is 93.2 cm³/mol. The van der Waals surface area contributed by atoms with E-state index in [-0.39, 0.29) is 6.03 Å². The normalized spacial score (nSPS) is 16.7. The van der Waals surface area contributed by atoms with Gasteiger partial charge in [0.25, 0.3) is 0 Å². The molecule has 0 aromatic carbocycles. The van der Waals surface area contributed by atoms with Crippen LogP contribution in [-0.4, -0.2) is 34.5 Å². The number of aryl methyl sites for hydroxylation is 3. The number of urea groups is 1. The Balaban J connectivity index is 1.66. The zero-order chi connectivity index (χ0) is 16.4. The zero-order valence-electron chi connectivity index (χ0n) is 13.8. The minimum absolute atomic E-state index is 0.0971. The van der Waals surface area contributed by atoms with E-state index in [4.69, 9.17) is 4.98 Å². The first-order valence-corrected chi connectivity index (χ1v) is 8.75. The highest BCUT2D eigenvalue weighted by molar-refractivity contribution is 7.11. The van der Waals surface area contributed by atoms with Crippen LogP contribution in [0.4, 0.5) is 10.5 Å². The van der Waals surface area contributed by atoms with Crippen molar-refractivity contribution in [2.24, 2.45) is 0 Å². The van der Waals surface area contributed by atoms with Gasteiger partial charge in [-0.3, -0.25) is 4.98 Å². The summed E-state index contributed by atoms with van der Waals surface area (Å²) < 4.78 is 0. The highest BCUT2D eigenvalue weighted by atomic mass is 32.1. The lowest BCUT2D eigenvalue weighted by atomic mass is 9.90. The largest absolute Gasteiger partial charge is 0.327 e. The Morgan fingerprint density at radius 3 is 3.09 bits per heavy atom. The Morgan fingerprint density at radius 2 is 2.30 bits per heavy atom. The van der Waals surface area contributed by atoms with Gasteiger partial charge in [0.15, 0.2) is 0 Å². The Morgan fingerprint density at radius 1 is 1.48 bits per heavy atom. The molecular formula is C17H22N4OS. The van der Waals surface area contributed by atoms with Gasteiger partial charge in [0, 0.05) is 30.6 Å². The van der Waals surface area contributed by atoms with Gasteiger partial charge in [-0.2, -0.15) is 0 Å². The van der Waals surface area contributed by atoms with Crippen LogP contribution >= 0.6 is 11.3 Å². The zero-order valence-corrected chi connectivity index (χ0v) is 14.6. The lowest BCUT2D eigenvalue weighted by Gasteiger charge is -2.26. The fourth-order valence-electron chi connectivity index (χ4n) is 3.03. The fourth-order valence-corrected chi connectivity index (χ4v) is 4.09. The van der Waals surface area contributed by atoms with Crippen molar-refractivity contribution in [3.8, 4) is 0 Å². The van der Waals surface area contributed by atoms with Gasteiger partial charge in [-0.05, 0) is 44.7 Å². The standard InChI is InChI=1S/C17H22N4OS/c1-11-7-8-18-9-14(11)20-17(22)21(3)10-13-5-4-6-15-16(13)19-12(2)23-15/h7-9,13H,4-6,10H2,1-3H3,(H,20,22). The molecule has 2 heterocycles. The average molecular weight is 330 g/mol. The maximum absolute atomic E-state index is 12.4. The number of nitrogens with zero attached hydrogens (tertiary/aromatic N) is 3. The molecule has 2 amide bonds. The summed E-state index contributed by atoms with van der Waals surface area (Å²) in [5.41, 5.74) is 2.98. The number of amides is 2. The molecule has 0 spiro atoms. The summed E-state index contributed by atoms with van der Waals surface area (Å²) in [4.78, 5) is 24.3. The van der Waals surface area contributed by atoms with Gasteiger partial charge in [0.05, 0.1) is 22.6 Å². The minimum atomic E-state index is -0.0971. The number of carbonyl (C=O) groups is 1. The van der Waals surface area contributed by atoms with Crippen molar-refractivity contribution >= 4 is 23.1 Å². The van der Waals surface area contributed by atoms with E-state index < -0.39 is 0 Å². The molecule has 5 nitrogen and oxygen atoms in total. The lowest BCUT2D eigenvalue weighted by molar-refractivity contribution is 0.217. The summed E-state index contributed by atoms with van der Waals surface area (Å²) in [7, 11) is 1.84. The van der Waals surface area contributed by atoms with Crippen LogP contribution in [0.15, 0.2) is 18.5 Å². The van der Waals surface area contributed by atoms with Crippen LogP contribution in [0.2, 0.25) is 0 Å². The third kappa shape index (κ3) is 3.52.